The van der Waals surface area contributed by atoms with Gasteiger partial charge in [-0.05, 0) is 44.0 Å². The molecule has 19 heavy (non-hydrogen) atoms. The smallest absolute Gasteiger partial charge is 0.119 e. The Labute approximate surface area is 115 Å². The van der Waals surface area contributed by atoms with E-state index >= 15 is 0 Å². The van der Waals surface area contributed by atoms with Crippen molar-refractivity contribution >= 4 is 0 Å². The quantitative estimate of drug-likeness (QED) is 0.674. The molecule has 0 saturated carbocycles. The van der Waals surface area contributed by atoms with Gasteiger partial charge < -0.3 is 19.9 Å². The summed E-state index contributed by atoms with van der Waals surface area (Å²) >= 11 is 0. The summed E-state index contributed by atoms with van der Waals surface area (Å²) in [4.78, 5) is 0. The van der Waals surface area contributed by atoms with Crippen LogP contribution in [0.4, 0.5) is 0 Å². The first-order valence-corrected chi connectivity index (χ1v) is 6.76. The first kappa shape index (κ1) is 15.8. The summed E-state index contributed by atoms with van der Waals surface area (Å²) < 4.78 is 10.7. The Bertz CT molecular complexity index is 353. The normalized spacial score (nSPS) is 13.9. The van der Waals surface area contributed by atoms with Gasteiger partial charge >= 0.3 is 0 Å². The molecule has 0 aliphatic carbocycles. The van der Waals surface area contributed by atoms with Crippen molar-refractivity contribution in [2.75, 3.05) is 26.9 Å². The zero-order chi connectivity index (χ0) is 14.1. The van der Waals surface area contributed by atoms with Gasteiger partial charge in [0.25, 0.3) is 0 Å². The Morgan fingerprint density at radius 1 is 1.21 bits per heavy atom. The van der Waals surface area contributed by atoms with E-state index in [9.17, 15) is 0 Å². The number of aliphatic hydroxyl groups excluding tert-OH is 1. The molecule has 0 fully saturated rings. The fourth-order valence-electron chi connectivity index (χ4n) is 1.83. The van der Waals surface area contributed by atoms with E-state index in [4.69, 9.17) is 14.6 Å². The summed E-state index contributed by atoms with van der Waals surface area (Å²) in [5.41, 5.74) is -0.0159. The van der Waals surface area contributed by atoms with Crippen LogP contribution in [0.25, 0.3) is 0 Å². The van der Waals surface area contributed by atoms with Gasteiger partial charge in [-0.25, -0.2) is 0 Å². The number of ether oxygens (including phenoxy) is 2. The molecule has 0 radical (unpaired) electrons. The van der Waals surface area contributed by atoms with Crippen molar-refractivity contribution in [3.05, 3.63) is 24.3 Å². The zero-order valence-corrected chi connectivity index (χ0v) is 12.1. The van der Waals surface area contributed by atoms with E-state index in [0.717, 1.165) is 30.9 Å². The van der Waals surface area contributed by atoms with Crippen LogP contribution in [0.3, 0.4) is 0 Å². The fraction of sp³-hybridized carbons (Fsp3) is 0.600. The Morgan fingerprint density at radius 3 is 2.37 bits per heavy atom. The summed E-state index contributed by atoms with van der Waals surface area (Å²) in [7, 11) is 1.65. The lowest BCUT2D eigenvalue weighted by molar-refractivity contribution is 0.204. The molecular weight excluding hydrogens is 242 g/mol. The summed E-state index contributed by atoms with van der Waals surface area (Å²) in [6.07, 6.45) is 1.74. The van der Waals surface area contributed by atoms with Crippen LogP contribution < -0.4 is 14.8 Å². The molecule has 0 spiro atoms. The molecule has 1 atom stereocenters. The molecule has 0 aromatic heterocycles. The molecule has 0 bridgehead atoms. The van der Waals surface area contributed by atoms with E-state index < -0.39 is 0 Å². The predicted molar refractivity (Wildman–Crippen MR) is 76.9 cm³/mol. The zero-order valence-electron chi connectivity index (χ0n) is 12.1. The lowest BCUT2D eigenvalue weighted by Crippen LogP contribution is -2.44. The number of aliphatic hydroxyl groups is 1. The van der Waals surface area contributed by atoms with E-state index in [1.807, 2.05) is 24.3 Å². The average molecular weight is 267 g/mol. The van der Waals surface area contributed by atoms with Gasteiger partial charge in [0.15, 0.2) is 0 Å². The van der Waals surface area contributed by atoms with Crippen molar-refractivity contribution in [2.45, 2.75) is 32.2 Å². The molecule has 1 rings (SSSR count). The third-order valence-corrected chi connectivity index (χ3v) is 3.43. The maximum Gasteiger partial charge on any atom is 0.119 e. The van der Waals surface area contributed by atoms with Gasteiger partial charge in [-0.15, -0.1) is 0 Å². The van der Waals surface area contributed by atoms with Crippen LogP contribution in [-0.2, 0) is 0 Å². The highest BCUT2D eigenvalue weighted by molar-refractivity contribution is 5.31. The molecule has 1 aromatic rings. The van der Waals surface area contributed by atoms with Gasteiger partial charge in [0.05, 0.1) is 7.11 Å². The molecule has 0 amide bonds. The Kier molecular flexibility index (Phi) is 6.67. The van der Waals surface area contributed by atoms with Crippen molar-refractivity contribution in [3.63, 3.8) is 0 Å². The standard InChI is InChI=1S/C15H25NO3/c1-4-15(2,9-11-17)16-10-12-19-14-7-5-13(18-3)6-8-14/h5-8,16-17H,4,9-12H2,1-3H3. The minimum absolute atomic E-state index is 0.0159. The topological polar surface area (TPSA) is 50.7 Å². The Morgan fingerprint density at radius 2 is 1.84 bits per heavy atom. The number of nitrogens with one attached hydrogen (secondary N) is 1. The predicted octanol–water partition coefficient (Wildman–Crippen LogP) is 2.21. The van der Waals surface area contributed by atoms with Gasteiger partial charge in [-0.3, -0.25) is 0 Å². The minimum Gasteiger partial charge on any atom is -0.497 e. The number of methoxy groups -OCH3 is 1. The highest BCUT2D eigenvalue weighted by atomic mass is 16.5. The van der Waals surface area contributed by atoms with Crippen LogP contribution in [0, 0.1) is 0 Å². The fourth-order valence-corrected chi connectivity index (χ4v) is 1.83. The maximum absolute atomic E-state index is 9.03. The van der Waals surface area contributed by atoms with E-state index in [2.05, 4.69) is 19.2 Å². The molecule has 0 aliphatic heterocycles. The molecule has 0 heterocycles. The molecule has 108 valence electrons. The van der Waals surface area contributed by atoms with Gasteiger partial charge in [0.2, 0.25) is 0 Å². The second-order valence-corrected chi connectivity index (χ2v) is 4.84. The molecule has 1 unspecified atom stereocenters. The van der Waals surface area contributed by atoms with Crippen LogP contribution in [-0.4, -0.2) is 37.5 Å². The minimum atomic E-state index is -0.0159. The van der Waals surface area contributed by atoms with E-state index in [1.165, 1.54) is 0 Å². The highest BCUT2D eigenvalue weighted by Crippen LogP contribution is 2.17. The van der Waals surface area contributed by atoms with Gasteiger partial charge in [-0.2, -0.15) is 0 Å². The number of hydrogen-bond acceptors (Lipinski definition) is 4. The lowest BCUT2D eigenvalue weighted by Gasteiger charge is -2.29. The van der Waals surface area contributed by atoms with Crippen molar-refractivity contribution in [1.29, 1.82) is 0 Å². The molecule has 0 aliphatic rings. The summed E-state index contributed by atoms with van der Waals surface area (Å²) in [6.45, 7) is 5.81. The summed E-state index contributed by atoms with van der Waals surface area (Å²) in [6, 6.07) is 7.55. The SMILES string of the molecule is CCC(C)(CCO)NCCOc1ccc(OC)cc1. The van der Waals surface area contributed by atoms with Gasteiger partial charge in [-0.1, -0.05) is 6.92 Å². The second kappa shape index (κ2) is 8.02. The molecule has 1 aromatic carbocycles. The van der Waals surface area contributed by atoms with Crippen LogP contribution in [0.2, 0.25) is 0 Å². The lowest BCUT2D eigenvalue weighted by atomic mass is 9.95. The second-order valence-electron chi connectivity index (χ2n) is 4.84. The molecule has 2 N–H and O–H groups in total. The Balaban J connectivity index is 2.29. The van der Waals surface area contributed by atoms with E-state index in [-0.39, 0.29) is 12.1 Å². The molecule has 4 heteroatoms. The largest absolute Gasteiger partial charge is 0.497 e. The van der Waals surface area contributed by atoms with E-state index in [1.54, 1.807) is 7.11 Å². The van der Waals surface area contributed by atoms with Crippen LogP contribution in [0.15, 0.2) is 24.3 Å². The summed E-state index contributed by atoms with van der Waals surface area (Å²) in [5, 5.41) is 12.5. The summed E-state index contributed by atoms with van der Waals surface area (Å²) in [5.74, 6) is 1.66. The average Bonchev–Trinajstić information content (AvgIpc) is 2.44. The maximum atomic E-state index is 9.03. The first-order valence-electron chi connectivity index (χ1n) is 6.76. The van der Waals surface area contributed by atoms with Gasteiger partial charge in [0, 0.05) is 18.7 Å². The molecular formula is C15H25NO3. The number of rotatable bonds is 9. The highest BCUT2D eigenvalue weighted by Gasteiger charge is 2.19. The van der Waals surface area contributed by atoms with Crippen molar-refractivity contribution in [2.24, 2.45) is 0 Å². The third kappa shape index (κ3) is 5.49. The van der Waals surface area contributed by atoms with Gasteiger partial charge in [0.1, 0.15) is 18.1 Å². The van der Waals surface area contributed by atoms with Crippen molar-refractivity contribution in [1.82, 2.24) is 5.32 Å². The first-order chi connectivity index (χ1) is 9.13. The van der Waals surface area contributed by atoms with Crippen LogP contribution in [0.1, 0.15) is 26.7 Å². The van der Waals surface area contributed by atoms with Crippen LogP contribution in [0.5, 0.6) is 11.5 Å². The molecule has 4 nitrogen and oxygen atoms in total. The molecule has 0 saturated heterocycles. The van der Waals surface area contributed by atoms with E-state index in [0.29, 0.717) is 6.61 Å². The van der Waals surface area contributed by atoms with Crippen molar-refractivity contribution < 1.29 is 14.6 Å². The monoisotopic (exact) mass is 267 g/mol. The van der Waals surface area contributed by atoms with Crippen molar-refractivity contribution in [3.8, 4) is 11.5 Å². The number of hydrogen-bond donors (Lipinski definition) is 2. The van der Waals surface area contributed by atoms with Crippen LogP contribution >= 0.6 is 0 Å². The Hall–Kier alpha value is -1.26. The number of benzene rings is 1. The third-order valence-electron chi connectivity index (χ3n) is 3.43.